The van der Waals surface area contributed by atoms with Gasteiger partial charge < -0.3 is 5.73 Å². The van der Waals surface area contributed by atoms with Crippen LogP contribution in [0.2, 0.25) is 5.02 Å². The van der Waals surface area contributed by atoms with Crippen LogP contribution in [0.25, 0.3) is 10.9 Å². The molecule has 82 valence electrons. The minimum Gasteiger partial charge on any atom is -0.398 e. The minimum absolute atomic E-state index is 0.713. The lowest BCUT2D eigenvalue weighted by atomic mass is 10.1. The first-order valence-electron chi connectivity index (χ1n) is 5.20. The van der Waals surface area contributed by atoms with Crippen molar-refractivity contribution in [2.45, 2.75) is 12.2 Å². The van der Waals surface area contributed by atoms with Crippen LogP contribution in [0, 0.1) is 0 Å². The zero-order chi connectivity index (χ0) is 11.1. The van der Waals surface area contributed by atoms with E-state index in [9.17, 15) is 0 Å². The van der Waals surface area contributed by atoms with Gasteiger partial charge in [0.25, 0.3) is 0 Å². The number of nitrogens with two attached hydrogens (primary N) is 1. The van der Waals surface area contributed by atoms with E-state index in [-0.39, 0.29) is 0 Å². The van der Waals surface area contributed by atoms with Crippen molar-refractivity contribution in [2.24, 2.45) is 0 Å². The number of nitrogens with zero attached hydrogens (tertiary/aromatic N) is 1. The first kappa shape index (κ1) is 10.2. The van der Waals surface area contributed by atoms with Gasteiger partial charge in [-0.1, -0.05) is 11.6 Å². The molecule has 0 bridgehead atoms. The summed E-state index contributed by atoms with van der Waals surface area (Å²) in [5.41, 5.74) is 10.3. The van der Waals surface area contributed by atoms with Gasteiger partial charge in [0.05, 0.1) is 5.52 Å². The summed E-state index contributed by atoms with van der Waals surface area (Å²) in [6.45, 7) is 0. The predicted molar refractivity (Wildman–Crippen MR) is 71.0 cm³/mol. The zero-order valence-electron chi connectivity index (χ0n) is 8.66. The summed E-state index contributed by atoms with van der Waals surface area (Å²) >= 11 is 7.89. The largest absolute Gasteiger partial charge is 0.398 e. The maximum atomic E-state index is 6.19. The van der Waals surface area contributed by atoms with Gasteiger partial charge in [0, 0.05) is 33.1 Å². The average molecular weight is 251 g/mol. The molecule has 0 radical (unpaired) electrons. The molecule has 1 aliphatic heterocycles. The fourth-order valence-electron chi connectivity index (χ4n) is 2.07. The van der Waals surface area contributed by atoms with Gasteiger partial charge in [0.2, 0.25) is 0 Å². The highest BCUT2D eigenvalue weighted by Crippen LogP contribution is 2.33. The third-order valence-corrected chi connectivity index (χ3v) is 4.13. The molecule has 0 spiro atoms. The Morgan fingerprint density at radius 2 is 2.25 bits per heavy atom. The first-order valence-corrected chi connectivity index (χ1v) is 6.73. The zero-order valence-corrected chi connectivity index (χ0v) is 10.2. The lowest BCUT2D eigenvalue weighted by molar-refractivity contribution is 1.01. The molecular weight excluding hydrogens is 240 g/mol. The summed E-state index contributed by atoms with van der Waals surface area (Å²) in [6.07, 6.45) is 1.01. The van der Waals surface area contributed by atoms with E-state index in [4.69, 9.17) is 17.3 Å². The molecule has 0 saturated carbocycles. The number of aromatic nitrogens is 1. The van der Waals surface area contributed by atoms with Gasteiger partial charge in [-0.2, -0.15) is 11.8 Å². The minimum atomic E-state index is 0.713. The highest BCUT2D eigenvalue weighted by Gasteiger charge is 2.16. The third kappa shape index (κ3) is 1.55. The smallest absolute Gasteiger partial charge is 0.0741 e. The molecule has 1 aromatic heterocycles. The van der Waals surface area contributed by atoms with Crippen molar-refractivity contribution in [1.82, 2.24) is 4.98 Å². The number of thioether (sulfide) groups is 1. The first-order chi connectivity index (χ1) is 7.75. The van der Waals surface area contributed by atoms with Crippen LogP contribution >= 0.6 is 23.4 Å². The Hall–Kier alpha value is -0.930. The molecule has 3 rings (SSSR count). The molecule has 16 heavy (non-hydrogen) atoms. The van der Waals surface area contributed by atoms with Crippen LogP contribution in [0.5, 0.6) is 0 Å². The van der Waals surface area contributed by atoms with Crippen LogP contribution in [0.3, 0.4) is 0 Å². The van der Waals surface area contributed by atoms with Crippen LogP contribution in [0.4, 0.5) is 5.69 Å². The molecule has 0 amide bonds. The Bertz CT molecular complexity index is 568. The Kier molecular flexibility index (Phi) is 2.45. The van der Waals surface area contributed by atoms with Crippen molar-refractivity contribution in [3.63, 3.8) is 0 Å². The Balaban J connectivity index is 2.34. The second kappa shape index (κ2) is 3.82. The van der Waals surface area contributed by atoms with Gasteiger partial charge in [-0.25, -0.2) is 0 Å². The predicted octanol–water partition coefficient (Wildman–Crippen LogP) is 3.26. The number of anilines is 1. The van der Waals surface area contributed by atoms with Crippen molar-refractivity contribution >= 4 is 40.0 Å². The van der Waals surface area contributed by atoms with Crippen LogP contribution in [-0.4, -0.2) is 10.7 Å². The van der Waals surface area contributed by atoms with E-state index in [0.717, 1.165) is 40.2 Å². The Labute approximate surface area is 103 Å². The lowest BCUT2D eigenvalue weighted by Gasteiger charge is -2.18. The highest BCUT2D eigenvalue weighted by atomic mass is 35.5. The van der Waals surface area contributed by atoms with Gasteiger partial charge in [-0.05, 0) is 30.4 Å². The SMILES string of the molecule is Nc1c2c(nc3cc(Cl)ccc13)CCSC2. The third-order valence-electron chi connectivity index (χ3n) is 2.91. The van der Waals surface area contributed by atoms with E-state index in [0.29, 0.717) is 5.02 Å². The maximum absolute atomic E-state index is 6.19. The molecule has 1 aromatic carbocycles. The van der Waals surface area contributed by atoms with Gasteiger partial charge >= 0.3 is 0 Å². The number of fused-ring (bicyclic) bond motifs is 2. The summed E-state index contributed by atoms with van der Waals surface area (Å²) in [5, 5.41) is 1.73. The van der Waals surface area contributed by atoms with E-state index in [1.54, 1.807) is 0 Å². The summed E-state index contributed by atoms with van der Waals surface area (Å²) < 4.78 is 0. The van der Waals surface area contributed by atoms with Crippen LogP contribution in [0.1, 0.15) is 11.3 Å². The number of benzene rings is 1. The summed E-state index contributed by atoms with van der Waals surface area (Å²) in [5.74, 6) is 2.11. The second-order valence-electron chi connectivity index (χ2n) is 3.91. The van der Waals surface area contributed by atoms with E-state index < -0.39 is 0 Å². The van der Waals surface area contributed by atoms with Gasteiger partial charge in [0.1, 0.15) is 0 Å². The standard InChI is InChI=1S/C12H11ClN2S/c13-7-1-2-8-11(5-7)15-10-3-4-16-6-9(10)12(8)14/h1-2,5H,3-4,6H2,(H2,14,15). The van der Waals surface area contributed by atoms with E-state index in [1.165, 1.54) is 5.56 Å². The molecule has 0 fully saturated rings. The lowest BCUT2D eigenvalue weighted by Crippen LogP contribution is -2.09. The topological polar surface area (TPSA) is 38.9 Å². The number of hydrogen-bond donors (Lipinski definition) is 1. The fourth-order valence-corrected chi connectivity index (χ4v) is 3.24. The molecule has 2 heterocycles. The molecule has 0 aliphatic carbocycles. The Morgan fingerprint density at radius 1 is 1.38 bits per heavy atom. The number of hydrogen-bond acceptors (Lipinski definition) is 3. The van der Waals surface area contributed by atoms with Crippen LogP contribution in [0.15, 0.2) is 18.2 Å². The van der Waals surface area contributed by atoms with Crippen LogP contribution < -0.4 is 5.73 Å². The molecule has 1 aliphatic rings. The quantitative estimate of drug-likeness (QED) is 0.780. The normalized spacial score (nSPS) is 15.1. The van der Waals surface area contributed by atoms with Crippen molar-refractivity contribution in [3.05, 3.63) is 34.5 Å². The van der Waals surface area contributed by atoms with E-state index in [1.807, 2.05) is 30.0 Å². The van der Waals surface area contributed by atoms with E-state index in [2.05, 4.69) is 4.98 Å². The molecule has 0 saturated heterocycles. The maximum Gasteiger partial charge on any atom is 0.0741 e. The van der Waals surface area contributed by atoms with Crippen molar-refractivity contribution in [1.29, 1.82) is 0 Å². The molecule has 0 unspecified atom stereocenters. The fraction of sp³-hybridized carbons (Fsp3) is 0.250. The summed E-state index contributed by atoms with van der Waals surface area (Å²) in [7, 11) is 0. The van der Waals surface area contributed by atoms with Crippen molar-refractivity contribution in [2.75, 3.05) is 11.5 Å². The molecular formula is C12H11ClN2S. The van der Waals surface area contributed by atoms with Crippen LogP contribution in [-0.2, 0) is 12.2 Å². The molecule has 2 aromatic rings. The molecule has 4 heteroatoms. The molecule has 2 nitrogen and oxygen atoms in total. The summed E-state index contributed by atoms with van der Waals surface area (Å²) in [4.78, 5) is 4.66. The van der Waals surface area contributed by atoms with Crippen molar-refractivity contribution < 1.29 is 0 Å². The number of halogens is 1. The number of pyridine rings is 1. The van der Waals surface area contributed by atoms with Gasteiger partial charge in [-0.15, -0.1) is 0 Å². The van der Waals surface area contributed by atoms with E-state index >= 15 is 0 Å². The number of nitrogen functional groups attached to an aromatic ring is 1. The van der Waals surface area contributed by atoms with Gasteiger partial charge in [0.15, 0.2) is 0 Å². The average Bonchev–Trinajstić information content (AvgIpc) is 2.29. The number of aryl methyl sites for hydroxylation is 1. The summed E-state index contributed by atoms with van der Waals surface area (Å²) in [6, 6.07) is 5.71. The second-order valence-corrected chi connectivity index (χ2v) is 5.46. The molecule has 0 atom stereocenters. The van der Waals surface area contributed by atoms with Crippen molar-refractivity contribution in [3.8, 4) is 0 Å². The molecule has 2 N–H and O–H groups in total. The van der Waals surface area contributed by atoms with Gasteiger partial charge in [-0.3, -0.25) is 4.98 Å². The Morgan fingerprint density at radius 3 is 3.12 bits per heavy atom. The monoisotopic (exact) mass is 250 g/mol. The number of rotatable bonds is 0. The highest BCUT2D eigenvalue weighted by molar-refractivity contribution is 7.98.